The fourth-order valence-corrected chi connectivity index (χ4v) is 3.40. The average Bonchev–Trinajstić information content (AvgIpc) is 2.98. The molecule has 2 aliphatic rings. The Hall–Kier alpha value is -0.720. The molecule has 1 aliphatic carbocycles. The van der Waals surface area contributed by atoms with Crippen LogP contribution in [0.15, 0.2) is 0 Å². The molecule has 1 heterocycles. The lowest BCUT2D eigenvalue weighted by molar-refractivity contribution is -0.127. The molecule has 2 atom stereocenters. The van der Waals surface area contributed by atoms with E-state index in [0.29, 0.717) is 11.0 Å². The van der Waals surface area contributed by atoms with Crippen molar-refractivity contribution in [2.75, 3.05) is 26.2 Å². The number of piperazine rings is 1. The standard InChI is InChI=1S/C15H28N4OS/c1-11(14(16)21)18-7-9-19(10-8-18)12(2)15(20)17-13-5-3-4-6-13/h11-13H,3-10H2,1-2H3,(H2,16,21)(H,17,20). The number of hydrogen-bond acceptors (Lipinski definition) is 4. The van der Waals surface area contributed by atoms with E-state index >= 15 is 0 Å². The SMILES string of the molecule is CC(C(=O)NC1CCCC1)N1CCN(C(C)C(N)=S)CC1. The second-order valence-corrected chi connectivity index (χ2v) is 6.79. The van der Waals surface area contributed by atoms with Gasteiger partial charge in [-0.05, 0) is 26.7 Å². The third kappa shape index (κ3) is 4.37. The van der Waals surface area contributed by atoms with Crippen LogP contribution in [0.4, 0.5) is 0 Å². The molecule has 6 heteroatoms. The number of nitrogens with one attached hydrogen (secondary N) is 1. The van der Waals surface area contributed by atoms with Crippen molar-refractivity contribution in [1.29, 1.82) is 0 Å². The van der Waals surface area contributed by atoms with E-state index in [1.54, 1.807) is 0 Å². The third-order valence-electron chi connectivity index (χ3n) is 4.94. The third-order valence-corrected chi connectivity index (χ3v) is 5.28. The van der Waals surface area contributed by atoms with E-state index < -0.39 is 0 Å². The summed E-state index contributed by atoms with van der Waals surface area (Å²) < 4.78 is 0. The molecule has 1 aliphatic heterocycles. The number of thiocarbonyl (C=S) groups is 1. The average molecular weight is 312 g/mol. The van der Waals surface area contributed by atoms with Gasteiger partial charge in [0.05, 0.1) is 17.1 Å². The minimum Gasteiger partial charge on any atom is -0.392 e. The van der Waals surface area contributed by atoms with Gasteiger partial charge in [0.2, 0.25) is 5.91 Å². The van der Waals surface area contributed by atoms with Crippen molar-refractivity contribution in [2.24, 2.45) is 5.73 Å². The summed E-state index contributed by atoms with van der Waals surface area (Å²) in [4.78, 5) is 17.4. The van der Waals surface area contributed by atoms with Gasteiger partial charge in [-0.15, -0.1) is 0 Å². The Morgan fingerprint density at radius 2 is 1.57 bits per heavy atom. The maximum Gasteiger partial charge on any atom is 0.237 e. The first-order valence-corrected chi connectivity index (χ1v) is 8.47. The monoisotopic (exact) mass is 312 g/mol. The van der Waals surface area contributed by atoms with Crippen molar-refractivity contribution in [3.8, 4) is 0 Å². The van der Waals surface area contributed by atoms with Crippen LogP contribution in [0.2, 0.25) is 0 Å². The smallest absolute Gasteiger partial charge is 0.237 e. The molecule has 5 nitrogen and oxygen atoms in total. The Morgan fingerprint density at radius 3 is 2.05 bits per heavy atom. The van der Waals surface area contributed by atoms with Gasteiger partial charge < -0.3 is 11.1 Å². The zero-order valence-electron chi connectivity index (χ0n) is 13.2. The predicted octanol–water partition coefficient (Wildman–Crippen LogP) is 0.726. The number of amides is 1. The molecule has 0 aromatic rings. The van der Waals surface area contributed by atoms with Crippen molar-refractivity contribution < 1.29 is 4.79 Å². The zero-order chi connectivity index (χ0) is 15.4. The fraction of sp³-hybridized carbons (Fsp3) is 0.867. The van der Waals surface area contributed by atoms with E-state index in [-0.39, 0.29) is 18.0 Å². The molecule has 1 saturated carbocycles. The van der Waals surface area contributed by atoms with Crippen LogP contribution in [0.25, 0.3) is 0 Å². The molecule has 0 aromatic heterocycles. The molecule has 1 saturated heterocycles. The number of carbonyl (C=O) groups excluding carboxylic acids is 1. The van der Waals surface area contributed by atoms with Crippen LogP contribution < -0.4 is 11.1 Å². The van der Waals surface area contributed by atoms with Crippen LogP contribution in [-0.4, -0.2) is 65.0 Å². The van der Waals surface area contributed by atoms with Gasteiger partial charge in [0.25, 0.3) is 0 Å². The van der Waals surface area contributed by atoms with E-state index in [0.717, 1.165) is 39.0 Å². The molecule has 1 amide bonds. The summed E-state index contributed by atoms with van der Waals surface area (Å²) in [7, 11) is 0. The van der Waals surface area contributed by atoms with Gasteiger partial charge in [0.1, 0.15) is 0 Å². The molecule has 2 fully saturated rings. The van der Waals surface area contributed by atoms with Crippen LogP contribution in [0, 0.1) is 0 Å². The van der Waals surface area contributed by atoms with E-state index in [1.807, 2.05) is 13.8 Å². The number of nitrogens with zero attached hydrogens (tertiary/aromatic N) is 2. The number of nitrogens with two attached hydrogens (primary N) is 1. The quantitative estimate of drug-likeness (QED) is 0.733. The van der Waals surface area contributed by atoms with Crippen LogP contribution in [0.3, 0.4) is 0 Å². The van der Waals surface area contributed by atoms with Gasteiger partial charge in [0.15, 0.2) is 0 Å². The van der Waals surface area contributed by atoms with E-state index in [2.05, 4.69) is 15.1 Å². The second-order valence-electron chi connectivity index (χ2n) is 6.32. The predicted molar refractivity (Wildman–Crippen MR) is 89.3 cm³/mol. The summed E-state index contributed by atoms with van der Waals surface area (Å²) >= 11 is 5.06. The van der Waals surface area contributed by atoms with Crippen molar-refractivity contribution in [3.63, 3.8) is 0 Å². The van der Waals surface area contributed by atoms with Gasteiger partial charge in [-0.3, -0.25) is 14.6 Å². The molecule has 21 heavy (non-hydrogen) atoms. The highest BCUT2D eigenvalue weighted by molar-refractivity contribution is 7.80. The normalized spacial score (nSPS) is 24.7. The Kier molecular flexibility index (Phi) is 5.96. The summed E-state index contributed by atoms with van der Waals surface area (Å²) in [5, 5.41) is 3.19. The molecule has 2 rings (SSSR count). The largest absolute Gasteiger partial charge is 0.392 e. The lowest BCUT2D eigenvalue weighted by atomic mass is 10.1. The first-order chi connectivity index (χ1) is 9.99. The number of hydrogen-bond donors (Lipinski definition) is 2. The fourth-order valence-electron chi connectivity index (χ4n) is 3.25. The highest BCUT2D eigenvalue weighted by Crippen LogP contribution is 2.18. The highest BCUT2D eigenvalue weighted by atomic mass is 32.1. The van der Waals surface area contributed by atoms with Crippen molar-refractivity contribution in [2.45, 2.75) is 57.7 Å². The summed E-state index contributed by atoms with van der Waals surface area (Å²) in [5.74, 6) is 0.178. The molecular weight excluding hydrogens is 284 g/mol. The minimum atomic E-state index is -0.0483. The van der Waals surface area contributed by atoms with E-state index in [1.165, 1.54) is 12.8 Å². The van der Waals surface area contributed by atoms with Crippen LogP contribution in [0.5, 0.6) is 0 Å². The second kappa shape index (κ2) is 7.51. The van der Waals surface area contributed by atoms with Crippen molar-refractivity contribution in [1.82, 2.24) is 15.1 Å². The highest BCUT2D eigenvalue weighted by Gasteiger charge is 2.29. The molecule has 0 spiro atoms. The van der Waals surface area contributed by atoms with Gasteiger partial charge >= 0.3 is 0 Å². The summed E-state index contributed by atoms with van der Waals surface area (Å²) in [5.41, 5.74) is 5.71. The maximum atomic E-state index is 12.3. The Morgan fingerprint density at radius 1 is 1.10 bits per heavy atom. The molecule has 120 valence electrons. The zero-order valence-corrected chi connectivity index (χ0v) is 14.0. The maximum absolute atomic E-state index is 12.3. The first kappa shape index (κ1) is 16.6. The Labute approximate surface area is 133 Å². The molecule has 3 N–H and O–H groups in total. The lowest BCUT2D eigenvalue weighted by Crippen LogP contribution is -2.57. The van der Waals surface area contributed by atoms with Crippen LogP contribution in [0.1, 0.15) is 39.5 Å². The summed E-state index contributed by atoms with van der Waals surface area (Å²) in [6.07, 6.45) is 4.76. The molecule has 0 radical (unpaired) electrons. The van der Waals surface area contributed by atoms with E-state index in [4.69, 9.17) is 18.0 Å². The Balaban J connectivity index is 1.78. The lowest BCUT2D eigenvalue weighted by Gasteiger charge is -2.39. The van der Waals surface area contributed by atoms with Crippen LogP contribution in [-0.2, 0) is 4.79 Å². The molecule has 0 aromatic carbocycles. The van der Waals surface area contributed by atoms with Gasteiger partial charge in [-0.25, -0.2) is 0 Å². The number of carbonyl (C=O) groups is 1. The van der Waals surface area contributed by atoms with Gasteiger partial charge in [0, 0.05) is 32.2 Å². The summed E-state index contributed by atoms with van der Waals surface area (Å²) in [6, 6.07) is 0.494. The topological polar surface area (TPSA) is 61.6 Å². The minimum absolute atomic E-state index is 0.0483. The number of rotatable bonds is 5. The Bertz CT molecular complexity index is 376. The van der Waals surface area contributed by atoms with Crippen molar-refractivity contribution in [3.05, 3.63) is 0 Å². The molecule has 2 unspecified atom stereocenters. The van der Waals surface area contributed by atoms with Gasteiger partial charge in [-0.2, -0.15) is 0 Å². The van der Waals surface area contributed by atoms with Crippen molar-refractivity contribution >= 4 is 23.1 Å². The molecule has 0 bridgehead atoms. The summed E-state index contributed by atoms with van der Waals surface area (Å²) in [6.45, 7) is 7.68. The molecular formula is C15H28N4OS. The van der Waals surface area contributed by atoms with Gasteiger partial charge in [-0.1, -0.05) is 25.1 Å². The van der Waals surface area contributed by atoms with Crippen LogP contribution >= 0.6 is 12.2 Å². The first-order valence-electron chi connectivity index (χ1n) is 8.07. The van der Waals surface area contributed by atoms with E-state index in [9.17, 15) is 4.79 Å².